The summed E-state index contributed by atoms with van der Waals surface area (Å²) in [4.78, 5) is 14.8. The normalized spacial score (nSPS) is 39.6. The molecule has 0 aromatic rings. The van der Waals surface area contributed by atoms with Crippen LogP contribution in [0.4, 0.5) is 0 Å². The summed E-state index contributed by atoms with van der Waals surface area (Å²) in [6, 6.07) is 0. The molecule has 4 bridgehead atoms. The molecule has 4 aliphatic rings. The maximum Gasteiger partial charge on any atom is 0.226 e. The molecule has 1 amide bonds. The molecular formula is C16H27NO2. The van der Waals surface area contributed by atoms with Crippen LogP contribution in [-0.4, -0.2) is 35.6 Å². The molecule has 0 aliphatic heterocycles. The van der Waals surface area contributed by atoms with Crippen molar-refractivity contribution in [2.45, 2.75) is 45.4 Å². The van der Waals surface area contributed by atoms with Crippen molar-refractivity contribution >= 4 is 5.91 Å². The molecule has 0 aromatic heterocycles. The molecule has 0 aromatic carbocycles. The van der Waals surface area contributed by atoms with Gasteiger partial charge in [0, 0.05) is 25.6 Å². The quantitative estimate of drug-likeness (QED) is 0.828. The zero-order chi connectivity index (χ0) is 13.4. The van der Waals surface area contributed by atoms with Crippen molar-refractivity contribution in [1.82, 2.24) is 4.90 Å². The molecule has 0 saturated heterocycles. The van der Waals surface area contributed by atoms with E-state index in [4.69, 9.17) is 5.11 Å². The van der Waals surface area contributed by atoms with Gasteiger partial charge in [0.15, 0.2) is 0 Å². The molecule has 0 heterocycles. The Kier molecular flexibility index (Phi) is 3.84. The predicted molar refractivity (Wildman–Crippen MR) is 74.5 cm³/mol. The van der Waals surface area contributed by atoms with E-state index in [9.17, 15) is 4.79 Å². The van der Waals surface area contributed by atoms with Gasteiger partial charge in [0.25, 0.3) is 0 Å². The fourth-order valence-corrected chi connectivity index (χ4v) is 5.22. The van der Waals surface area contributed by atoms with Crippen molar-refractivity contribution in [2.75, 3.05) is 19.7 Å². The van der Waals surface area contributed by atoms with Gasteiger partial charge in [-0.3, -0.25) is 4.79 Å². The van der Waals surface area contributed by atoms with Crippen LogP contribution in [0.25, 0.3) is 0 Å². The Morgan fingerprint density at radius 1 is 1.11 bits per heavy atom. The zero-order valence-corrected chi connectivity index (χ0v) is 12.1. The lowest BCUT2D eigenvalue weighted by molar-refractivity contribution is -0.149. The Balaban J connectivity index is 1.69. The van der Waals surface area contributed by atoms with Crippen molar-refractivity contribution in [3.05, 3.63) is 0 Å². The maximum atomic E-state index is 12.8. The molecule has 0 spiro atoms. The van der Waals surface area contributed by atoms with E-state index in [1.807, 2.05) is 4.90 Å². The minimum atomic E-state index is 0.186. The average Bonchev–Trinajstić information content (AvgIpc) is 2.38. The van der Waals surface area contributed by atoms with E-state index in [2.05, 4.69) is 6.92 Å². The molecule has 3 heteroatoms. The number of rotatable bonds is 5. The van der Waals surface area contributed by atoms with E-state index in [1.54, 1.807) is 0 Å². The van der Waals surface area contributed by atoms with Crippen LogP contribution in [0.3, 0.4) is 0 Å². The molecule has 4 fully saturated rings. The summed E-state index contributed by atoms with van der Waals surface area (Å²) in [6.45, 7) is 3.77. The molecule has 4 aliphatic carbocycles. The third kappa shape index (κ3) is 2.42. The molecule has 0 radical (unpaired) electrons. The van der Waals surface area contributed by atoms with Gasteiger partial charge in [-0.15, -0.1) is 0 Å². The van der Waals surface area contributed by atoms with E-state index in [-0.39, 0.29) is 6.61 Å². The fraction of sp³-hybridized carbons (Fsp3) is 0.938. The highest BCUT2D eigenvalue weighted by Crippen LogP contribution is 2.56. The van der Waals surface area contributed by atoms with Gasteiger partial charge in [-0.2, -0.15) is 0 Å². The van der Waals surface area contributed by atoms with Gasteiger partial charge in [-0.1, -0.05) is 0 Å². The maximum absolute atomic E-state index is 12.8. The molecule has 19 heavy (non-hydrogen) atoms. The second-order valence-corrected chi connectivity index (χ2v) is 6.95. The number of carbonyl (C=O) groups is 1. The first-order valence-electron chi connectivity index (χ1n) is 8.12. The highest BCUT2D eigenvalue weighted by atomic mass is 16.3. The molecule has 0 unspecified atom stereocenters. The zero-order valence-electron chi connectivity index (χ0n) is 12.1. The Morgan fingerprint density at radius 3 is 2.16 bits per heavy atom. The van der Waals surface area contributed by atoms with Crippen LogP contribution < -0.4 is 0 Å². The topological polar surface area (TPSA) is 40.5 Å². The molecule has 3 nitrogen and oxygen atoms in total. The lowest BCUT2D eigenvalue weighted by atomic mass is 9.51. The van der Waals surface area contributed by atoms with Crippen LogP contribution in [0.15, 0.2) is 0 Å². The number of aliphatic hydroxyl groups is 1. The van der Waals surface area contributed by atoms with E-state index in [0.717, 1.165) is 24.9 Å². The second kappa shape index (κ2) is 5.43. The fourth-order valence-electron chi connectivity index (χ4n) is 5.22. The number of amides is 1. The summed E-state index contributed by atoms with van der Waals surface area (Å²) in [6.07, 6.45) is 7.38. The molecule has 4 rings (SSSR count). The molecule has 4 saturated carbocycles. The van der Waals surface area contributed by atoms with Crippen molar-refractivity contribution < 1.29 is 9.90 Å². The standard InChI is InChI=1S/C16H27NO2/c1-2-17(4-3-5-18)16(19)15-13-7-11-6-12(9-13)10-14(15)8-11/h11-15,18H,2-10H2,1H3. The number of carbonyl (C=O) groups excluding carboxylic acids is 1. The predicted octanol–water partition coefficient (Wildman–Crippen LogP) is 2.29. The Labute approximate surface area is 116 Å². The van der Waals surface area contributed by atoms with Gasteiger partial charge in [0.1, 0.15) is 0 Å². The lowest BCUT2D eigenvalue weighted by Gasteiger charge is -2.54. The van der Waals surface area contributed by atoms with Crippen LogP contribution in [-0.2, 0) is 4.79 Å². The highest BCUT2D eigenvalue weighted by Gasteiger charge is 2.51. The second-order valence-electron chi connectivity index (χ2n) is 6.95. The van der Waals surface area contributed by atoms with Crippen molar-refractivity contribution in [3.63, 3.8) is 0 Å². The minimum Gasteiger partial charge on any atom is -0.396 e. The van der Waals surface area contributed by atoms with E-state index in [1.165, 1.54) is 32.1 Å². The number of nitrogens with zero attached hydrogens (tertiary/aromatic N) is 1. The van der Waals surface area contributed by atoms with Gasteiger partial charge in [0.05, 0.1) is 0 Å². The summed E-state index contributed by atoms with van der Waals surface area (Å²) in [5.74, 6) is 3.91. The number of hydrogen-bond donors (Lipinski definition) is 1. The van der Waals surface area contributed by atoms with Gasteiger partial charge >= 0.3 is 0 Å². The summed E-state index contributed by atoms with van der Waals surface area (Å²) in [5, 5.41) is 8.97. The highest BCUT2D eigenvalue weighted by molar-refractivity contribution is 5.79. The first-order chi connectivity index (χ1) is 9.22. The van der Waals surface area contributed by atoms with E-state index in [0.29, 0.717) is 30.1 Å². The van der Waals surface area contributed by atoms with Crippen LogP contribution in [0.2, 0.25) is 0 Å². The number of hydrogen-bond acceptors (Lipinski definition) is 2. The SMILES string of the molecule is CCN(CCCO)C(=O)C1C2CC3CC(C2)CC1C3. The minimum absolute atomic E-state index is 0.186. The number of aliphatic hydroxyl groups excluding tert-OH is 1. The molecule has 1 N–H and O–H groups in total. The largest absolute Gasteiger partial charge is 0.396 e. The smallest absolute Gasteiger partial charge is 0.226 e. The lowest BCUT2D eigenvalue weighted by Crippen LogP contribution is -2.52. The summed E-state index contributed by atoms with van der Waals surface area (Å²) >= 11 is 0. The Morgan fingerprint density at radius 2 is 1.68 bits per heavy atom. The molecular weight excluding hydrogens is 238 g/mol. The monoisotopic (exact) mass is 265 g/mol. The van der Waals surface area contributed by atoms with Crippen molar-refractivity contribution in [1.29, 1.82) is 0 Å². The van der Waals surface area contributed by atoms with Gasteiger partial charge in [0.2, 0.25) is 5.91 Å². The van der Waals surface area contributed by atoms with Gasteiger partial charge < -0.3 is 10.0 Å². The summed E-state index contributed by atoms with van der Waals surface area (Å²) < 4.78 is 0. The third-order valence-corrected chi connectivity index (χ3v) is 5.79. The Hall–Kier alpha value is -0.570. The van der Waals surface area contributed by atoms with Gasteiger partial charge in [-0.05, 0) is 69.1 Å². The van der Waals surface area contributed by atoms with E-state index >= 15 is 0 Å². The average molecular weight is 265 g/mol. The van der Waals surface area contributed by atoms with Crippen molar-refractivity contribution in [3.8, 4) is 0 Å². The van der Waals surface area contributed by atoms with Crippen LogP contribution in [0, 0.1) is 29.6 Å². The summed E-state index contributed by atoms with van der Waals surface area (Å²) in [7, 11) is 0. The van der Waals surface area contributed by atoms with Gasteiger partial charge in [-0.25, -0.2) is 0 Å². The molecule has 0 atom stereocenters. The van der Waals surface area contributed by atoms with Crippen molar-refractivity contribution in [2.24, 2.45) is 29.6 Å². The first-order valence-corrected chi connectivity index (χ1v) is 8.12. The van der Waals surface area contributed by atoms with Crippen LogP contribution >= 0.6 is 0 Å². The third-order valence-electron chi connectivity index (χ3n) is 5.79. The summed E-state index contributed by atoms with van der Waals surface area (Å²) in [5.41, 5.74) is 0. The molecule has 108 valence electrons. The van der Waals surface area contributed by atoms with Crippen LogP contribution in [0.5, 0.6) is 0 Å². The van der Waals surface area contributed by atoms with Crippen LogP contribution in [0.1, 0.15) is 45.4 Å². The first kappa shape index (κ1) is 13.4. The Bertz CT molecular complexity index is 314. The van der Waals surface area contributed by atoms with E-state index < -0.39 is 0 Å².